The van der Waals surface area contributed by atoms with Crippen LogP contribution in [0.3, 0.4) is 0 Å². The van der Waals surface area contributed by atoms with Crippen LogP contribution in [0.15, 0.2) is 71.6 Å². The van der Waals surface area contributed by atoms with E-state index in [-0.39, 0.29) is 23.9 Å². The van der Waals surface area contributed by atoms with Gasteiger partial charge in [-0.2, -0.15) is 4.31 Å². The molecule has 0 aliphatic carbocycles. The molecule has 34 heavy (non-hydrogen) atoms. The molecule has 0 spiro atoms. The molecule has 3 aromatic rings. The molecule has 0 aromatic heterocycles. The Morgan fingerprint density at radius 2 is 1.47 bits per heavy atom. The second kappa shape index (κ2) is 11.4. The van der Waals surface area contributed by atoms with E-state index in [1.807, 2.05) is 12.1 Å². The second-order valence-electron chi connectivity index (χ2n) is 7.57. The summed E-state index contributed by atoms with van der Waals surface area (Å²) in [6.07, 6.45) is 0. The lowest BCUT2D eigenvalue weighted by atomic mass is 10.2. The molecule has 0 saturated heterocycles. The van der Waals surface area contributed by atoms with E-state index in [0.29, 0.717) is 32.9 Å². The van der Waals surface area contributed by atoms with Crippen molar-refractivity contribution in [2.24, 2.45) is 0 Å². The highest BCUT2D eigenvalue weighted by Gasteiger charge is 2.28. The molecule has 3 aromatic carbocycles. The molecule has 0 radical (unpaired) electrons. The van der Waals surface area contributed by atoms with E-state index >= 15 is 0 Å². The maximum Gasteiger partial charge on any atom is 0.243 e. The van der Waals surface area contributed by atoms with E-state index in [4.69, 9.17) is 39.5 Å². The average molecular weight is 542 g/mol. The number of methoxy groups -OCH3 is 1. The van der Waals surface area contributed by atoms with Crippen LogP contribution in [0.1, 0.15) is 11.1 Å². The van der Waals surface area contributed by atoms with E-state index in [9.17, 15) is 13.2 Å². The monoisotopic (exact) mass is 540 g/mol. The van der Waals surface area contributed by atoms with Crippen molar-refractivity contribution in [2.45, 2.75) is 18.0 Å². The average Bonchev–Trinajstić information content (AvgIpc) is 2.81. The van der Waals surface area contributed by atoms with Gasteiger partial charge >= 0.3 is 0 Å². The van der Waals surface area contributed by atoms with Gasteiger partial charge in [-0.25, -0.2) is 8.42 Å². The molecule has 0 saturated carbocycles. The van der Waals surface area contributed by atoms with Crippen LogP contribution in [0.25, 0.3) is 0 Å². The molecular formula is C24H23Cl3N2O4S. The zero-order valence-electron chi connectivity index (χ0n) is 18.5. The van der Waals surface area contributed by atoms with Gasteiger partial charge in [0.15, 0.2) is 0 Å². The first-order valence-electron chi connectivity index (χ1n) is 10.2. The second-order valence-corrected chi connectivity index (χ2v) is 10.8. The van der Waals surface area contributed by atoms with Crippen LogP contribution in [0.4, 0.5) is 0 Å². The van der Waals surface area contributed by atoms with Crippen LogP contribution in [0, 0.1) is 0 Å². The molecule has 0 bridgehead atoms. The number of likely N-dealkylation sites (N-methyl/N-ethyl adjacent to an activating group) is 1. The Bertz CT molecular complexity index is 1250. The Labute approximate surface area is 214 Å². The number of nitrogens with zero attached hydrogens (tertiary/aromatic N) is 2. The zero-order chi connectivity index (χ0) is 24.9. The molecule has 3 rings (SSSR count). The van der Waals surface area contributed by atoms with E-state index in [2.05, 4.69) is 0 Å². The maximum atomic E-state index is 13.4. The molecule has 0 atom stereocenters. The smallest absolute Gasteiger partial charge is 0.243 e. The topological polar surface area (TPSA) is 66.9 Å². The zero-order valence-corrected chi connectivity index (χ0v) is 21.6. The van der Waals surface area contributed by atoms with Crippen molar-refractivity contribution < 1.29 is 17.9 Å². The van der Waals surface area contributed by atoms with Gasteiger partial charge < -0.3 is 9.64 Å². The molecule has 0 aliphatic heterocycles. The number of carbonyl (C=O) groups is 1. The van der Waals surface area contributed by atoms with E-state index in [1.54, 1.807) is 44.5 Å². The lowest BCUT2D eigenvalue weighted by Gasteiger charge is -2.25. The van der Waals surface area contributed by atoms with Crippen LogP contribution in [-0.4, -0.2) is 44.2 Å². The predicted molar refractivity (Wildman–Crippen MR) is 135 cm³/mol. The Balaban J connectivity index is 1.85. The van der Waals surface area contributed by atoms with E-state index in [1.165, 1.54) is 29.2 Å². The number of hydrogen-bond acceptors (Lipinski definition) is 4. The molecule has 0 fully saturated rings. The number of halogens is 3. The summed E-state index contributed by atoms with van der Waals surface area (Å²) in [7, 11) is -0.813. The maximum absolute atomic E-state index is 13.4. The molecule has 0 heterocycles. The minimum atomic E-state index is -4.01. The number of benzene rings is 3. The Morgan fingerprint density at radius 1 is 0.853 bits per heavy atom. The largest absolute Gasteiger partial charge is 0.497 e. The first-order chi connectivity index (χ1) is 16.1. The lowest BCUT2D eigenvalue weighted by Crippen LogP contribution is -2.40. The van der Waals surface area contributed by atoms with Crippen LogP contribution < -0.4 is 4.74 Å². The molecule has 0 N–H and O–H groups in total. The van der Waals surface area contributed by atoms with Crippen molar-refractivity contribution in [3.05, 3.63) is 92.9 Å². The predicted octanol–water partition coefficient (Wildman–Crippen LogP) is 5.50. The Kier molecular flexibility index (Phi) is 8.84. The van der Waals surface area contributed by atoms with Crippen molar-refractivity contribution in [1.29, 1.82) is 0 Å². The third-order valence-corrected chi connectivity index (χ3v) is 7.91. The number of ether oxygens (including phenoxy) is 1. The van der Waals surface area contributed by atoms with Crippen LogP contribution >= 0.6 is 34.8 Å². The standard InChI is InChI=1S/C24H23Cl3N2O4S/c1-28(14-17-3-8-20(33-2)9-4-17)24(30)16-29(15-18-5-12-22(26)23(27)13-18)34(31,32)21-10-6-19(25)7-11-21/h3-13H,14-16H2,1-2H3. The van der Waals surface area contributed by atoms with Gasteiger partial charge in [-0.1, -0.05) is 53.0 Å². The highest BCUT2D eigenvalue weighted by atomic mass is 35.5. The first kappa shape index (κ1) is 26.3. The van der Waals surface area contributed by atoms with E-state index in [0.717, 1.165) is 9.87 Å². The van der Waals surface area contributed by atoms with Gasteiger partial charge in [-0.3, -0.25) is 4.79 Å². The molecule has 10 heteroatoms. The molecule has 0 unspecified atom stereocenters. The first-order valence-corrected chi connectivity index (χ1v) is 12.7. The fraction of sp³-hybridized carbons (Fsp3) is 0.208. The number of carbonyl (C=O) groups excluding carboxylic acids is 1. The molecule has 6 nitrogen and oxygen atoms in total. The van der Waals surface area contributed by atoms with Gasteiger partial charge in [0.1, 0.15) is 5.75 Å². The molecular weight excluding hydrogens is 519 g/mol. The number of rotatable bonds is 9. The van der Waals surface area contributed by atoms with Crippen molar-refractivity contribution in [1.82, 2.24) is 9.21 Å². The van der Waals surface area contributed by atoms with Crippen LogP contribution in [0.5, 0.6) is 5.75 Å². The minimum absolute atomic E-state index is 0.0302. The van der Waals surface area contributed by atoms with E-state index < -0.39 is 10.0 Å². The number of amides is 1. The van der Waals surface area contributed by atoms with Gasteiger partial charge in [0.05, 0.1) is 28.6 Å². The Morgan fingerprint density at radius 3 is 2.06 bits per heavy atom. The van der Waals surface area contributed by atoms with Crippen molar-refractivity contribution in [2.75, 3.05) is 20.7 Å². The van der Waals surface area contributed by atoms with Gasteiger partial charge in [0.25, 0.3) is 0 Å². The lowest BCUT2D eigenvalue weighted by molar-refractivity contribution is -0.130. The Hall–Kier alpha value is -2.29. The summed E-state index contributed by atoms with van der Waals surface area (Å²) in [4.78, 5) is 14.6. The summed E-state index contributed by atoms with van der Waals surface area (Å²) < 4.78 is 33.1. The highest BCUT2D eigenvalue weighted by Crippen LogP contribution is 2.26. The van der Waals surface area contributed by atoms with Crippen molar-refractivity contribution >= 4 is 50.7 Å². The van der Waals surface area contributed by atoms with Crippen LogP contribution in [0.2, 0.25) is 15.1 Å². The molecule has 0 aliphatic rings. The van der Waals surface area contributed by atoms with Crippen LogP contribution in [-0.2, 0) is 27.9 Å². The fourth-order valence-electron chi connectivity index (χ4n) is 3.19. The summed E-state index contributed by atoms with van der Waals surface area (Å²) in [5, 5.41) is 1.06. The van der Waals surface area contributed by atoms with Gasteiger partial charge in [0, 0.05) is 25.2 Å². The van der Waals surface area contributed by atoms with Crippen molar-refractivity contribution in [3.63, 3.8) is 0 Å². The summed E-state index contributed by atoms with van der Waals surface area (Å²) in [5.41, 5.74) is 1.48. The van der Waals surface area contributed by atoms with Gasteiger partial charge in [0.2, 0.25) is 15.9 Å². The molecule has 1 amide bonds. The summed E-state index contributed by atoms with van der Waals surface area (Å²) in [6, 6.07) is 17.9. The fourth-order valence-corrected chi connectivity index (χ4v) is 5.01. The highest BCUT2D eigenvalue weighted by molar-refractivity contribution is 7.89. The SMILES string of the molecule is COc1ccc(CN(C)C(=O)CN(Cc2ccc(Cl)c(Cl)c2)S(=O)(=O)c2ccc(Cl)cc2)cc1. The van der Waals surface area contributed by atoms with Crippen molar-refractivity contribution in [3.8, 4) is 5.75 Å². The van der Waals surface area contributed by atoms with Gasteiger partial charge in [-0.15, -0.1) is 0 Å². The third kappa shape index (κ3) is 6.64. The number of hydrogen-bond donors (Lipinski definition) is 0. The summed E-state index contributed by atoms with van der Waals surface area (Å²) in [5.74, 6) is 0.341. The minimum Gasteiger partial charge on any atom is -0.497 e. The quantitative estimate of drug-likeness (QED) is 0.358. The summed E-state index contributed by atoms with van der Waals surface area (Å²) in [6.45, 7) is -0.119. The normalized spacial score (nSPS) is 11.5. The molecule has 180 valence electrons. The number of sulfonamides is 1. The third-order valence-electron chi connectivity index (χ3n) is 5.11. The van der Waals surface area contributed by atoms with Gasteiger partial charge in [-0.05, 0) is 59.7 Å². The summed E-state index contributed by atoms with van der Waals surface area (Å²) >= 11 is 18.0.